The molecule has 33 heavy (non-hydrogen) atoms. The van der Waals surface area contributed by atoms with E-state index in [1.807, 2.05) is 0 Å². The minimum atomic E-state index is -4.02. The number of nitrogens with one attached hydrogen (secondary N) is 1. The van der Waals surface area contributed by atoms with Crippen LogP contribution in [0.3, 0.4) is 0 Å². The molecule has 1 amide bonds. The van der Waals surface area contributed by atoms with E-state index in [0.29, 0.717) is 32.8 Å². The van der Waals surface area contributed by atoms with Crippen molar-refractivity contribution in [3.63, 3.8) is 0 Å². The molecule has 0 aliphatic carbocycles. The monoisotopic (exact) mass is 570 g/mol. The molecule has 0 spiro atoms. The Morgan fingerprint density at radius 3 is 2.45 bits per heavy atom. The molecule has 1 heterocycles. The van der Waals surface area contributed by atoms with Crippen LogP contribution in [0.4, 0.5) is 5.69 Å². The Morgan fingerprint density at radius 2 is 1.73 bits per heavy atom. The minimum Gasteiger partial charge on any atom is -0.454 e. The van der Waals surface area contributed by atoms with Crippen LogP contribution in [-0.2, 0) is 21.4 Å². The molecule has 4 rings (SSSR count). The summed E-state index contributed by atoms with van der Waals surface area (Å²) in [4.78, 5) is 12.9. The fourth-order valence-electron chi connectivity index (χ4n) is 3.16. The number of ether oxygens (including phenoxy) is 2. The van der Waals surface area contributed by atoms with Crippen LogP contribution in [0.2, 0.25) is 10.0 Å². The van der Waals surface area contributed by atoms with Crippen molar-refractivity contribution in [1.82, 2.24) is 4.31 Å². The number of hydrogen-bond acceptors (Lipinski definition) is 5. The lowest BCUT2D eigenvalue weighted by atomic mass is 10.2. The maximum absolute atomic E-state index is 13.4. The van der Waals surface area contributed by atoms with Gasteiger partial charge in [0, 0.05) is 32.8 Å². The van der Waals surface area contributed by atoms with Crippen molar-refractivity contribution in [3.05, 3.63) is 80.7 Å². The first kappa shape index (κ1) is 23.8. The van der Waals surface area contributed by atoms with Gasteiger partial charge in [0.1, 0.15) is 0 Å². The summed E-state index contributed by atoms with van der Waals surface area (Å²) in [6, 6.07) is 15.9. The van der Waals surface area contributed by atoms with Crippen molar-refractivity contribution >= 4 is 60.7 Å². The van der Waals surface area contributed by atoms with Crippen LogP contribution in [0.15, 0.2) is 70.0 Å². The van der Waals surface area contributed by atoms with Gasteiger partial charge in [-0.15, -0.1) is 0 Å². The summed E-state index contributed by atoms with van der Waals surface area (Å²) in [7, 11) is -4.02. The highest BCUT2D eigenvalue weighted by Gasteiger charge is 2.28. The van der Waals surface area contributed by atoms with Gasteiger partial charge in [0.25, 0.3) is 0 Å². The lowest BCUT2D eigenvalue weighted by Crippen LogP contribution is -2.37. The fraction of sp³-hybridized carbons (Fsp3) is 0.136. The number of halogens is 3. The zero-order chi connectivity index (χ0) is 23.6. The number of hydrogen-bond donors (Lipinski definition) is 1. The maximum atomic E-state index is 13.4. The van der Waals surface area contributed by atoms with Gasteiger partial charge in [-0.1, -0.05) is 45.2 Å². The summed E-state index contributed by atoms with van der Waals surface area (Å²) < 4.78 is 39.2. The first-order chi connectivity index (χ1) is 15.7. The molecule has 11 heteroatoms. The summed E-state index contributed by atoms with van der Waals surface area (Å²) in [5, 5.41) is 3.43. The van der Waals surface area contributed by atoms with E-state index < -0.39 is 22.5 Å². The Morgan fingerprint density at radius 1 is 1.00 bits per heavy atom. The summed E-state index contributed by atoms with van der Waals surface area (Å²) in [6.45, 7) is -0.456. The van der Waals surface area contributed by atoms with Gasteiger partial charge in [-0.2, -0.15) is 4.31 Å². The molecule has 3 aromatic rings. The zero-order valence-electron chi connectivity index (χ0n) is 16.9. The minimum absolute atomic E-state index is 0.0478. The van der Waals surface area contributed by atoms with E-state index in [0.717, 1.165) is 8.78 Å². The molecule has 0 saturated carbocycles. The predicted molar refractivity (Wildman–Crippen MR) is 129 cm³/mol. The Bertz CT molecular complexity index is 1300. The molecule has 0 unspecified atom stereocenters. The van der Waals surface area contributed by atoms with Gasteiger partial charge in [-0.25, -0.2) is 8.42 Å². The summed E-state index contributed by atoms with van der Waals surface area (Å²) in [5.74, 6) is 0.546. The topological polar surface area (TPSA) is 84.9 Å². The van der Waals surface area contributed by atoms with Crippen molar-refractivity contribution in [2.24, 2.45) is 0 Å². The quantitative estimate of drug-likeness (QED) is 0.415. The number of sulfonamides is 1. The molecule has 3 aromatic carbocycles. The molecule has 0 bridgehead atoms. The number of amides is 1. The molecule has 1 aliphatic heterocycles. The van der Waals surface area contributed by atoms with Gasteiger partial charge < -0.3 is 14.8 Å². The molecule has 0 atom stereocenters. The first-order valence-corrected chi connectivity index (χ1v) is 12.6. The fourth-order valence-corrected chi connectivity index (χ4v) is 5.26. The van der Waals surface area contributed by atoms with Crippen molar-refractivity contribution in [2.45, 2.75) is 11.4 Å². The number of nitrogens with zero attached hydrogens (tertiary/aromatic N) is 1. The lowest BCUT2D eigenvalue weighted by molar-refractivity contribution is -0.116. The average Bonchev–Trinajstić information content (AvgIpc) is 3.23. The molecule has 1 aliphatic rings. The predicted octanol–water partition coefficient (Wildman–Crippen LogP) is 5.31. The van der Waals surface area contributed by atoms with Crippen LogP contribution in [0.1, 0.15) is 5.56 Å². The third-order valence-corrected chi connectivity index (χ3v) is 7.71. The van der Waals surface area contributed by atoms with Crippen LogP contribution in [-0.4, -0.2) is 32.0 Å². The van der Waals surface area contributed by atoms with Gasteiger partial charge in [0.15, 0.2) is 11.5 Å². The maximum Gasteiger partial charge on any atom is 0.243 e. The SMILES string of the molecule is O=C(CN(Cc1ccc(Cl)cc1Cl)S(=O)(=O)c1ccc(Br)cc1)Nc1ccc2c(c1)OCO2. The number of benzene rings is 3. The normalized spacial score (nSPS) is 12.7. The standard InChI is InChI=1S/C22H17BrCl2N2O5S/c23-15-2-6-18(7-3-15)33(29,30)27(11-14-1-4-16(24)9-19(14)25)12-22(28)26-17-5-8-20-21(10-17)32-13-31-20/h1-10H,11-13H2,(H,26,28). The van der Waals surface area contributed by atoms with E-state index in [4.69, 9.17) is 32.7 Å². The third-order valence-electron chi connectivity index (χ3n) is 4.79. The first-order valence-electron chi connectivity index (χ1n) is 9.61. The lowest BCUT2D eigenvalue weighted by Gasteiger charge is -2.22. The van der Waals surface area contributed by atoms with Crippen molar-refractivity contribution < 1.29 is 22.7 Å². The summed E-state index contributed by atoms with van der Waals surface area (Å²) >= 11 is 15.5. The number of carbonyl (C=O) groups excluding carboxylic acids is 1. The smallest absolute Gasteiger partial charge is 0.243 e. The molecular formula is C22H17BrCl2N2O5S. The van der Waals surface area contributed by atoms with Gasteiger partial charge in [0.2, 0.25) is 22.7 Å². The van der Waals surface area contributed by atoms with E-state index >= 15 is 0 Å². The van der Waals surface area contributed by atoms with Crippen molar-refractivity contribution in [3.8, 4) is 11.5 Å². The Kier molecular flexibility index (Phi) is 7.16. The summed E-state index contributed by atoms with van der Waals surface area (Å²) in [6.07, 6.45) is 0. The molecule has 172 valence electrons. The van der Waals surface area contributed by atoms with Crippen molar-refractivity contribution in [2.75, 3.05) is 18.7 Å². The van der Waals surface area contributed by atoms with E-state index in [1.165, 1.54) is 18.2 Å². The third kappa shape index (κ3) is 5.62. The van der Waals surface area contributed by atoms with Gasteiger partial charge in [0.05, 0.1) is 11.4 Å². The van der Waals surface area contributed by atoms with Gasteiger partial charge in [-0.05, 0) is 54.1 Å². The van der Waals surface area contributed by atoms with Crippen LogP contribution in [0.5, 0.6) is 11.5 Å². The van der Waals surface area contributed by atoms with E-state index in [1.54, 1.807) is 42.5 Å². The number of anilines is 1. The molecule has 0 fully saturated rings. The second kappa shape index (κ2) is 9.90. The van der Waals surface area contributed by atoms with Crippen LogP contribution in [0.25, 0.3) is 0 Å². The molecule has 0 saturated heterocycles. The Hall–Kier alpha value is -2.30. The van der Waals surface area contributed by atoms with Gasteiger partial charge >= 0.3 is 0 Å². The van der Waals surface area contributed by atoms with Crippen LogP contribution in [0, 0.1) is 0 Å². The zero-order valence-corrected chi connectivity index (χ0v) is 20.8. The van der Waals surface area contributed by atoms with Crippen LogP contribution < -0.4 is 14.8 Å². The highest BCUT2D eigenvalue weighted by atomic mass is 79.9. The highest BCUT2D eigenvalue weighted by Crippen LogP contribution is 2.34. The Labute approximate surface area is 209 Å². The number of rotatable bonds is 7. The highest BCUT2D eigenvalue weighted by molar-refractivity contribution is 9.10. The molecule has 7 nitrogen and oxygen atoms in total. The second-order valence-electron chi connectivity index (χ2n) is 7.08. The number of fused-ring (bicyclic) bond motifs is 1. The number of carbonyl (C=O) groups is 1. The van der Waals surface area contributed by atoms with Crippen LogP contribution >= 0.6 is 39.1 Å². The van der Waals surface area contributed by atoms with E-state index in [9.17, 15) is 13.2 Å². The summed E-state index contributed by atoms with van der Waals surface area (Å²) in [5.41, 5.74) is 0.965. The van der Waals surface area contributed by atoms with Crippen molar-refractivity contribution in [1.29, 1.82) is 0 Å². The Balaban J connectivity index is 1.60. The molecule has 0 radical (unpaired) electrons. The molecular weight excluding hydrogens is 555 g/mol. The second-order valence-corrected chi connectivity index (χ2v) is 10.8. The van der Waals surface area contributed by atoms with E-state index in [-0.39, 0.29) is 18.2 Å². The van der Waals surface area contributed by atoms with E-state index in [2.05, 4.69) is 21.2 Å². The largest absolute Gasteiger partial charge is 0.454 e. The van der Waals surface area contributed by atoms with Gasteiger partial charge in [-0.3, -0.25) is 4.79 Å². The molecule has 0 aromatic heterocycles. The average molecular weight is 572 g/mol. The molecule has 1 N–H and O–H groups in total.